The van der Waals surface area contributed by atoms with Gasteiger partial charge < -0.3 is 0 Å². The molecule has 136 valence electrons. The molecule has 0 amide bonds. The van der Waals surface area contributed by atoms with E-state index in [1.54, 1.807) is 0 Å². The van der Waals surface area contributed by atoms with E-state index in [9.17, 15) is 0 Å². The van der Waals surface area contributed by atoms with Gasteiger partial charge in [0.15, 0.2) is 0 Å². The van der Waals surface area contributed by atoms with Crippen LogP contribution >= 0.6 is 0 Å². The van der Waals surface area contributed by atoms with Gasteiger partial charge in [0.1, 0.15) is 8.07 Å². The van der Waals surface area contributed by atoms with Crippen LogP contribution in [0.5, 0.6) is 0 Å². The van der Waals surface area contributed by atoms with Crippen molar-refractivity contribution >= 4 is 19.7 Å². The van der Waals surface area contributed by atoms with Crippen LogP contribution in [-0.4, -0.2) is 8.07 Å². The molecule has 2 aromatic carbocycles. The highest BCUT2D eigenvalue weighted by Crippen LogP contribution is 2.41. The molecule has 0 bridgehead atoms. The van der Waals surface area contributed by atoms with Crippen LogP contribution in [0.3, 0.4) is 0 Å². The highest BCUT2D eigenvalue weighted by atomic mass is 28.3. The zero-order valence-corrected chi connectivity index (χ0v) is 18.1. The molecule has 0 aromatic heterocycles. The van der Waals surface area contributed by atoms with Crippen LogP contribution in [0.1, 0.15) is 52.7 Å². The molecule has 0 heterocycles. The third-order valence-corrected chi connectivity index (χ3v) is 11.8. The summed E-state index contributed by atoms with van der Waals surface area (Å²) in [6.45, 7) is 14.2. The molecular formula is C25H32Si. The molecule has 0 atom stereocenters. The smallest absolute Gasteiger partial charge is 0.125 e. The summed E-state index contributed by atoms with van der Waals surface area (Å²) in [4.78, 5) is 0. The predicted octanol–water partition coefficient (Wildman–Crippen LogP) is 7.45. The van der Waals surface area contributed by atoms with Gasteiger partial charge in [-0.1, -0.05) is 108 Å². The largest absolute Gasteiger partial charge is 0.146 e. The minimum atomic E-state index is -1.74. The normalized spacial score (nSPS) is 12.4. The topological polar surface area (TPSA) is 0 Å². The summed E-state index contributed by atoms with van der Waals surface area (Å²) in [5.74, 6) is 3.64. The molecule has 0 aliphatic rings. The maximum atomic E-state index is 3.87. The van der Waals surface area contributed by atoms with Crippen LogP contribution in [0.2, 0.25) is 16.6 Å². The van der Waals surface area contributed by atoms with Crippen molar-refractivity contribution in [2.24, 2.45) is 0 Å². The van der Waals surface area contributed by atoms with E-state index in [4.69, 9.17) is 0 Å². The third-order valence-electron chi connectivity index (χ3n) is 5.48. The first kappa shape index (κ1) is 20.3. The second kappa shape index (κ2) is 9.06. The zero-order chi connectivity index (χ0) is 19.2. The first-order valence-corrected chi connectivity index (χ1v) is 12.0. The minimum absolute atomic E-state index is 0.642. The van der Waals surface area contributed by atoms with Gasteiger partial charge in [0.25, 0.3) is 0 Å². The van der Waals surface area contributed by atoms with Crippen LogP contribution in [0, 0.1) is 11.5 Å². The first-order chi connectivity index (χ1) is 12.4. The monoisotopic (exact) mass is 360 g/mol. The molecule has 0 aliphatic heterocycles. The van der Waals surface area contributed by atoms with E-state index in [2.05, 4.69) is 120 Å². The Bertz CT molecular complexity index is 749. The fourth-order valence-corrected chi connectivity index (χ4v) is 9.35. The van der Waals surface area contributed by atoms with Gasteiger partial charge in [0, 0.05) is 5.57 Å². The fraction of sp³-hybridized carbons (Fsp3) is 0.360. The quantitative estimate of drug-likeness (QED) is 0.295. The van der Waals surface area contributed by atoms with E-state index < -0.39 is 8.07 Å². The molecule has 0 spiro atoms. The standard InChI is InChI=1S/C25H32Si/c1-20(2)26(21(3)4,22(5)6)18-17-25(24-15-11-8-12-16-24)19-23-13-9-7-10-14-23/h7-16,19-22H,1-6H3/b25-19-. The summed E-state index contributed by atoms with van der Waals surface area (Å²) in [6.07, 6.45) is 2.22. The van der Waals surface area contributed by atoms with E-state index in [0.717, 1.165) is 5.57 Å². The van der Waals surface area contributed by atoms with E-state index in [1.807, 2.05) is 0 Å². The van der Waals surface area contributed by atoms with Crippen LogP contribution < -0.4 is 0 Å². The molecule has 0 fully saturated rings. The average molecular weight is 361 g/mol. The van der Waals surface area contributed by atoms with Crippen molar-refractivity contribution < 1.29 is 0 Å². The van der Waals surface area contributed by atoms with Crippen LogP contribution in [-0.2, 0) is 0 Å². The summed E-state index contributed by atoms with van der Waals surface area (Å²) in [6, 6.07) is 21.1. The van der Waals surface area contributed by atoms with Crippen molar-refractivity contribution in [1.29, 1.82) is 0 Å². The molecule has 0 saturated heterocycles. The van der Waals surface area contributed by atoms with Crippen LogP contribution in [0.4, 0.5) is 0 Å². The van der Waals surface area contributed by atoms with E-state index in [1.165, 1.54) is 11.1 Å². The van der Waals surface area contributed by atoms with Crippen LogP contribution in [0.15, 0.2) is 60.7 Å². The third kappa shape index (κ3) is 4.57. The van der Waals surface area contributed by atoms with Crippen molar-refractivity contribution in [3.05, 3.63) is 71.8 Å². The van der Waals surface area contributed by atoms with Crippen molar-refractivity contribution in [3.63, 3.8) is 0 Å². The van der Waals surface area contributed by atoms with Crippen molar-refractivity contribution in [2.45, 2.75) is 58.2 Å². The summed E-state index contributed by atoms with van der Waals surface area (Å²) >= 11 is 0. The van der Waals surface area contributed by atoms with Crippen LogP contribution in [0.25, 0.3) is 11.6 Å². The highest BCUT2D eigenvalue weighted by Gasteiger charge is 2.41. The number of benzene rings is 2. The van der Waals surface area contributed by atoms with Gasteiger partial charge in [0.2, 0.25) is 0 Å². The van der Waals surface area contributed by atoms with Crippen molar-refractivity contribution in [1.82, 2.24) is 0 Å². The summed E-state index contributed by atoms with van der Waals surface area (Å²) in [5, 5.41) is 0. The van der Waals surface area contributed by atoms with Gasteiger partial charge in [-0.2, -0.15) is 0 Å². The second-order valence-corrected chi connectivity index (χ2v) is 13.6. The Balaban J connectivity index is 2.58. The SMILES string of the molecule is CC(C)[Si](C#C/C(=C/c1ccccc1)c1ccccc1)(C(C)C)C(C)C. The summed E-state index contributed by atoms with van der Waals surface area (Å²) in [7, 11) is -1.74. The lowest BCUT2D eigenvalue weighted by Gasteiger charge is -2.38. The Morgan fingerprint density at radius 2 is 1.19 bits per heavy atom. The molecule has 2 aromatic rings. The van der Waals surface area contributed by atoms with Gasteiger partial charge in [-0.15, -0.1) is 5.54 Å². The highest BCUT2D eigenvalue weighted by molar-refractivity contribution is 6.90. The van der Waals surface area contributed by atoms with E-state index in [0.29, 0.717) is 16.6 Å². The lowest BCUT2D eigenvalue weighted by molar-refractivity contribution is 0.838. The molecule has 26 heavy (non-hydrogen) atoms. The molecule has 0 radical (unpaired) electrons. The van der Waals surface area contributed by atoms with E-state index in [-0.39, 0.29) is 0 Å². The number of hydrogen-bond donors (Lipinski definition) is 0. The van der Waals surface area contributed by atoms with Gasteiger partial charge >= 0.3 is 0 Å². The van der Waals surface area contributed by atoms with Crippen molar-refractivity contribution in [3.8, 4) is 11.5 Å². The molecule has 2 rings (SSSR count). The second-order valence-electron chi connectivity index (χ2n) is 7.98. The molecule has 0 unspecified atom stereocenters. The molecule has 0 N–H and O–H groups in total. The van der Waals surface area contributed by atoms with E-state index >= 15 is 0 Å². The predicted molar refractivity (Wildman–Crippen MR) is 120 cm³/mol. The van der Waals surface area contributed by atoms with Gasteiger partial charge in [-0.25, -0.2) is 0 Å². The minimum Gasteiger partial charge on any atom is -0.125 e. The molecule has 1 heteroatoms. The molecule has 0 aliphatic carbocycles. The Morgan fingerprint density at radius 1 is 0.731 bits per heavy atom. The molecule has 0 saturated carbocycles. The Hall–Kier alpha value is -2.04. The lowest BCUT2D eigenvalue weighted by Crippen LogP contribution is -2.43. The number of hydrogen-bond acceptors (Lipinski definition) is 0. The number of rotatable bonds is 5. The Morgan fingerprint density at radius 3 is 1.65 bits per heavy atom. The Kier molecular flexibility index (Phi) is 7.06. The van der Waals surface area contributed by atoms with Gasteiger partial charge in [-0.3, -0.25) is 0 Å². The summed E-state index contributed by atoms with van der Waals surface area (Å²) in [5.41, 5.74) is 9.32. The average Bonchev–Trinajstić information content (AvgIpc) is 2.62. The number of allylic oxidation sites excluding steroid dienone is 1. The molecular weight excluding hydrogens is 328 g/mol. The first-order valence-electron chi connectivity index (χ1n) is 9.73. The van der Waals surface area contributed by atoms with Crippen molar-refractivity contribution in [2.75, 3.05) is 0 Å². The maximum Gasteiger partial charge on any atom is 0.146 e. The fourth-order valence-electron chi connectivity index (χ4n) is 4.13. The lowest BCUT2D eigenvalue weighted by atomic mass is 10.0. The maximum absolute atomic E-state index is 3.87. The Labute approximate surface area is 161 Å². The van der Waals surface area contributed by atoms with Gasteiger partial charge in [0.05, 0.1) is 0 Å². The zero-order valence-electron chi connectivity index (χ0n) is 17.1. The molecule has 0 nitrogen and oxygen atoms in total. The summed E-state index contributed by atoms with van der Waals surface area (Å²) < 4.78 is 0. The van der Waals surface area contributed by atoms with Gasteiger partial charge in [-0.05, 0) is 33.8 Å².